The maximum Gasteiger partial charge on any atom is 0.261 e. The molecular formula is C13H13BrN2O4S. The molecule has 2 aromatic carbocycles. The fraction of sp³-hybridized carbons (Fsp3) is 0.0769. The van der Waals surface area contributed by atoms with Crippen LogP contribution in [0.5, 0.6) is 11.5 Å². The molecule has 0 saturated carbocycles. The van der Waals surface area contributed by atoms with E-state index >= 15 is 0 Å². The van der Waals surface area contributed by atoms with Gasteiger partial charge < -0.3 is 15.6 Å². The highest BCUT2D eigenvalue weighted by Gasteiger charge is 2.16. The number of sulfonamides is 1. The molecule has 21 heavy (non-hydrogen) atoms. The van der Waals surface area contributed by atoms with Crippen LogP contribution in [0.25, 0.3) is 0 Å². The molecule has 0 aliphatic heterocycles. The minimum absolute atomic E-state index is 0.00575. The first-order valence-electron chi connectivity index (χ1n) is 5.78. The zero-order chi connectivity index (χ0) is 15.6. The molecule has 6 nitrogen and oxygen atoms in total. The van der Waals surface area contributed by atoms with Crippen LogP contribution >= 0.6 is 15.9 Å². The number of methoxy groups -OCH3 is 1. The van der Waals surface area contributed by atoms with E-state index in [4.69, 9.17) is 10.5 Å². The average molecular weight is 373 g/mol. The summed E-state index contributed by atoms with van der Waals surface area (Å²) in [6.07, 6.45) is 0. The monoisotopic (exact) mass is 372 g/mol. The van der Waals surface area contributed by atoms with Gasteiger partial charge in [-0.15, -0.1) is 0 Å². The highest BCUT2D eigenvalue weighted by Crippen LogP contribution is 2.29. The van der Waals surface area contributed by atoms with Crippen LogP contribution < -0.4 is 15.2 Å². The molecule has 0 saturated heterocycles. The fourth-order valence-electron chi connectivity index (χ4n) is 1.64. The molecule has 2 rings (SSSR count). The summed E-state index contributed by atoms with van der Waals surface area (Å²) < 4.78 is 32.6. The Hall–Kier alpha value is -1.93. The fourth-order valence-corrected chi connectivity index (χ4v) is 3.27. The highest BCUT2D eigenvalue weighted by molar-refractivity contribution is 9.10. The summed E-state index contributed by atoms with van der Waals surface area (Å²) in [6, 6.07) is 8.48. The lowest BCUT2D eigenvalue weighted by Crippen LogP contribution is -2.13. The number of phenols is 1. The smallest absolute Gasteiger partial charge is 0.261 e. The third-order valence-corrected chi connectivity index (χ3v) is 4.71. The molecule has 0 aliphatic carbocycles. The zero-order valence-corrected chi connectivity index (χ0v) is 13.4. The number of hydrogen-bond donors (Lipinski definition) is 3. The SMILES string of the molecule is COc1ccc(NS(=O)(=O)c2ccc(O)c(N)c2)cc1Br. The molecule has 0 atom stereocenters. The second-order valence-corrected chi connectivity index (χ2v) is 6.71. The van der Waals surface area contributed by atoms with Crippen molar-refractivity contribution in [3.63, 3.8) is 0 Å². The van der Waals surface area contributed by atoms with Crippen LogP contribution in [0.15, 0.2) is 45.8 Å². The normalized spacial score (nSPS) is 11.1. The summed E-state index contributed by atoms with van der Waals surface area (Å²) in [5, 5.41) is 9.33. The lowest BCUT2D eigenvalue weighted by atomic mass is 10.3. The van der Waals surface area contributed by atoms with Gasteiger partial charge in [0, 0.05) is 0 Å². The first kappa shape index (κ1) is 15.5. The van der Waals surface area contributed by atoms with Crippen LogP contribution in [0.2, 0.25) is 0 Å². The van der Waals surface area contributed by atoms with Crippen molar-refractivity contribution in [2.45, 2.75) is 4.90 Å². The Labute approximate surface area is 130 Å². The molecule has 0 aromatic heterocycles. The van der Waals surface area contributed by atoms with Crippen LogP contribution in [-0.2, 0) is 10.0 Å². The third-order valence-electron chi connectivity index (χ3n) is 2.71. The molecule has 0 aliphatic rings. The van der Waals surface area contributed by atoms with E-state index in [1.54, 1.807) is 18.2 Å². The zero-order valence-electron chi connectivity index (χ0n) is 11.0. The summed E-state index contributed by atoms with van der Waals surface area (Å²) >= 11 is 3.28. The number of nitrogen functional groups attached to an aromatic ring is 1. The van der Waals surface area contributed by atoms with Crippen molar-refractivity contribution in [2.75, 3.05) is 17.6 Å². The number of nitrogens with two attached hydrogens (primary N) is 1. The standard InChI is InChI=1S/C13H13BrN2O4S/c1-20-13-5-2-8(6-10(13)14)16-21(18,19)9-3-4-12(17)11(15)7-9/h2-7,16-17H,15H2,1H3. The molecular weight excluding hydrogens is 360 g/mol. The van der Waals surface area contributed by atoms with Gasteiger partial charge in [0.05, 0.1) is 27.9 Å². The maximum atomic E-state index is 12.2. The van der Waals surface area contributed by atoms with E-state index in [9.17, 15) is 13.5 Å². The molecule has 4 N–H and O–H groups in total. The van der Waals surface area contributed by atoms with Crippen molar-refractivity contribution < 1.29 is 18.3 Å². The topological polar surface area (TPSA) is 102 Å². The first-order valence-corrected chi connectivity index (χ1v) is 8.06. The largest absolute Gasteiger partial charge is 0.506 e. The summed E-state index contributed by atoms with van der Waals surface area (Å²) in [6.45, 7) is 0. The number of anilines is 2. The van der Waals surface area contributed by atoms with Gasteiger partial charge in [0.25, 0.3) is 10.0 Å². The van der Waals surface area contributed by atoms with Gasteiger partial charge in [-0.25, -0.2) is 8.42 Å². The molecule has 0 unspecified atom stereocenters. The van der Waals surface area contributed by atoms with Crippen molar-refractivity contribution in [1.29, 1.82) is 0 Å². The second-order valence-electron chi connectivity index (χ2n) is 4.18. The highest BCUT2D eigenvalue weighted by atomic mass is 79.9. The number of hydrogen-bond acceptors (Lipinski definition) is 5. The predicted molar refractivity (Wildman–Crippen MR) is 84.0 cm³/mol. The van der Waals surface area contributed by atoms with Crippen LogP contribution in [0.3, 0.4) is 0 Å². The Balaban J connectivity index is 2.32. The van der Waals surface area contributed by atoms with E-state index in [-0.39, 0.29) is 16.3 Å². The van der Waals surface area contributed by atoms with E-state index in [1.165, 1.54) is 25.3 Å². The predicted octanol–water partition coefficient (Wildman–Crippen LogP) is 2.55. The molecule has 0 bridgehead atoms. The van der Waals surface area contributed by atoms with E-state index in [1.807, 2.05) is 0 Å². The minimum Gasteiger partial charge on any atom is -0.506 e. The summed E-state index contributed by atoms with van der Waals surface area (Å²) in [5.41, 5.74) is 5.87. The van der Waals surface area contributed by atoms with Crippen molar-refractivity contribution in [1.82, 2.24) is 0 Å². The molecule has 0 spiro atoms. The van der Waals surface area contributed by atoms with Gasteiger partial charge in [-0.2, -0.15) is 0 Å². The van der Waals surface area contributed by atoms with Crippen LogP contribution in [-0.4, -0.2) is 20.6 Å². The first-order chi connectivity index (χ1) is 9.83. The van der Waals surface area contributed by atoms with Crippen LogP contribution in [0, 0.1) is 0 Å². The molecule has 112 valence electrons. The Morgan fingerprint density at radius 2 is 1.95 bits per heavy atom. The number of ether oxygens (including phenoxy) is 1. The summed E-state index contributed by atoms with van der Waals surface area (Å²) in [5.74, 6) is 0.424. The van der Waals surface area contributed by atoms with Crippen molar-refractivity contribution >= 4 is 37.3 Å². The summed E-state index contributed by atoms with van der Waals surface area (Å²) in [7, 11) is -2.27. The quantitative estimate of drug-likeness (QED) is 0.565. The van der Waals surface area contributed by atoms with Crippen molar-refractivity contribution in [3.8, 4) is 11.5 Å². The lowest BCUT2D eigenvalue weighted by molar-refractivity contribution is 0.412. The van der Waals surface area contributed by atoms with Crippen molar-refractivity contribution in [3.05, 3.63) is 40.9 Å². The van der Waals surface area contributed by atoms with Crippen molar-refractivity contribution in [2.24, 2.45) is 0 Å². The third kappa shape index (κ3) is 3.40. The minimum atomic E-state index is -3.79. The Bertz CT molecular complexity index is 778. The Morgan fingerprint density at radius 3 is 2.52 bits per heavy atom. The lowest BCUT2D eigenvalue weighted by Gasteiger charge is -2.11. The number of rotatable bonds is 4. The van der Waals surface area contributed by atoms with Crippen LogP contribution in [0.1, 0.15) is 0 Å². The summed E-state index contributed by atoms with van der Waals surface area (Å²) in [4.78, 5) is -0.0373. The van der Waals surface area contributed by atoms with E-state index in [0.29, 0.717) is 15.9 Å². The molecule has 8 heteroatoms. The molecule has 0 fully saturated rings. The maximum absolute atomic E-state index is 12.2. The van der Waals surface area contributed by atoms with Gasteiger partial charge in [-0.3, -0.25) is 4.72 Å². The molecule has 0 amide bonds. The Morgan fingerprint density at radius 1 is 1.24 bits per heavy atom. The number of nitrogens with one attached hydrogen (secondary N) is 1. The van der Waals surface area contributed by atoms with Gasteiger partial charge in [-0.1, -0.05) is 0 Å². The van der Waals surface area contributed by atoms with Gasteiger partial charge in [0.1, 0.15) is 11.5 Å². The van der Waals surface area contributed by atoms with E-state index < -0.39 is 10.0 Å². The number of aromatic hydroxyl groups is 1. The number of phenolic OH excluding ortho intramolecular Hbond substituents is 1. The molecule has 2 aromatic rings. The second kappa shape index (κ2) is 5.82. The number of halogens is 1. The van der Waals surface area contributed by atoms with E-state index in [2.05, 4.69) is 20.7 Å². The van der Waals surface area contributed by atoms with Gasteiger partial charge in [0.2, 0.25) is 0 Å². The Kier molecular flexibility index (Phi) is 4.29. The molecule has 0 heterocycles. The van der Waals surface area contributed by atoms with Gasteiger partial charge in [0.15, 0.2) is 0 Å². The average Bonchev–Trinajstić information content (AvgIpc) is 2.41. The number of benzene rings is 2. The van der Waals surface area contributed by atoms with Gasteiger partial charge in [-0.05, 0) is 52.3 Å². The van der Waals surface area contributed by atoms with Crippen LogP contribution in [0.4, 0.5) is 11.4 Å². The van der Waals surface area contributed by atoms with E-state index in [0.717, 1.165) is 0 Å². The molecule has 0 radical (unpaired) electrons. The van der Waals surface area contributed by atoms with Gasteiger partial charge >= 0.3 is 0 Å².